The van der Waals surface area contributed by atoms with Gasteiger partial charge in [-0.25, -0.2) is 16.8 Å². The molecule has 1 unspecified atom stereocenters. The van der Waals surface area contributed by atoms with Crippen LogP contribution in [0.2, 0.25) is 0 Å². The van der Waals surface area contributed by atoms with Gasteiger partial charge in [0.2, 0.25) is 35.7 Å². The van der Waals surface area contributed by atoms with Gasteiger partial charge >= 0.3 is 59.1 Å². The molecule has 52 heavy (non-hydrogen) atoms. The fourth-order valence-electron chi connectivity index (χ4n) is 5.41. The third kappa shape index (κ3) is 9.56. The number of benzene rings is 1. The van der Waals surface area contributed by atoms with Crippen molar-refractivity contribution in [2.45, 2.75) is 4.08 Å². The Bertz CT molecular complexity index is 2010. The van der Waals surface area contributed by atoms with Crippen molar-refractivity contribution in [3.8, 4) is 0 Å². The van der Waals surface area contributed by atoms with Gasteiger partial charge in [0.15, 0.2) is 4.08 Å². The number of morpholine rings is 2. The number of rotatable bonds is 10. The van der Waals surface area contributed by atoms with Crippen molar-refractivity contribution in [3.05, 3.63) is 59.8 Å². The molecular weight excluding hydrogens is 742 g/mol. The minimum atomic E-state index is -5.83. The minimum Gasteiger partial charge on any atom is -0.746 e. The number of ether oxygens (including phenoxy) is 2. The van der Waals surface area contributed by atoms with Gasteiger partial charge in [0.1, 0.15) is 20.2 Å². The summed E-state index contributed by atoms with van der Waals surface area (Å²) in [5.41, 5.74) is 12.5. The summed E-state index contributed by atoms with van der Waals surface area (Å²) in [5.74, 6) is -1.23. The Labute approximate surface area is 343 Å². The fourth-order valence-corrected chi connectivity index (χ4v) is 7.94. The summed E-state index contributed by atoms with van der Waals surface area (Å²) in [6.07, 6.45) is 5.51. The smallest absolute Gasteiger partial charge is 0.746 e. The SMILES string of the molecule is Nc1nc(NC2=CC(S(=O)(=O)[O-])(S(=O)(=O)[O-])C(C=Cc3ccc(Nc4nc(N)nc(N5CCOCC5)n4)cc3)C=C2)nc(N2CCOCC2)n1.[Na+].[Na+]. The minimum absolute atomic E-state index is 0. The van der Waals surface area contributed by atoms with Crippen LogP contribution in [0, 0.1) is 5.92 Å². The molecule has 1 aromatic carbocycles. The second-order valence-corrected chi connectivity index (χ2v) is 14.6. The Balaban J connectivity index is 0.00000302. The van der Waals surface area contributed by atoms with Crippen LogP contribution in [0.15, 0.2) is 54.3 Å². The first-order chi connectivity index (χ1) is 23.8. The molecule has 2 aliphatic heterocycles. The van der Waals surface area contributed by atoms with E-state index in [4.69, 9.17) is 20.9 Å². The van der Waals surface area contributed by atoms with Crippen molar-refractivity contribution in [2.24, 2.45) is 5.92 Å². The predicted octanol–water partition coefficient (Wildman–Crippen LogP) is -6.37. The molecule has 6 N–H and O–H groups in total. The normalized spacial score (nSPS) is 19.0. The second-order valence-electron chi connectivity index (χ2n) is 11.2. The van der Waals surface area contributed by atoms with Crippen LogP contribution in [0.1, 0.15) is 5.56 Å². The summed E-state index contributed by atoms with van der Waals surface area (Å²) in [5, 5.41) is 5.69. The molecule has 4 heterocycles. The van der Waals surface area contributed by atoms with Gasteiger partial charge in [-0.2, -0.15) is 29.9 Å². The van der Waals surface area contributed by atoms with E-state index in [-0.39, 0.29) is 94.6 Å². The van der Waals surface area contributed by atoms with Gasteiger partial charge < -0.3 is 50.5 Å². The largest absolute Gasteiger partial charge is 1.00 e. The van der Waals surface area contributed by atoms with Gasteiger partial charge in [-0.1, -0.05) is 30.4 Å². The van der Waals surface area contributed by atoms with Crippen LogP contribution >= 0.6 is 0 Å². The standard InChI is InChI=1S/C28H34N12O8S2.2Na/c29-22-33-24(37-26(35-22)39-9-13-47-14-10-39)31-20-6-2-18(3-7-20)1-4-19-5-8-21(17-28(19,49(41,42)43)50(44,45)46)32-25-34-23(30)36-27(38-25)40-11-15-48-16-12-40;;/h1-8,17,19H,9-16H2,(H,41,42,43)(H,44,45,46)(H3,29,31,33,35,37)(H3,30,32,34,36,38);;/q;2*+1/p-2. The molecule has 3 aliphatic rings. The summed E-state index contributed by atoms with van der Waals surface area (Å²) in [6.45, 7) is 4.05. The molecule has 20 nitrogen and oxygen atoms in total. The average Bonchev–Trinajstić information content (AvgIpc) is 3.07. The van der Waals surface area contributed by atoms with Gasteiger partial charge in [-0.3, -0.25) is 0 Å². The molecule has 3 aromatic rings. The van der Waals surface area contributed by atoms with E-state index in [2.05, 4.69) is 40.5 Å². The Morgan fingerprint density at radius 3 is 1.71 bits per heavy atom. The second kappa shape index (κ2) is 17.4. The number of nitrogens with zero attached hydrogens (tertiary/aromatic N) is 8. The van der Waals surface area contributed by atoms with Crippen molar-refractivity contribution in [3.63, 3.8) is 0 Å². The van der Waals surface area contributed by atoms with E-state index in [1.54, 1.807) is 29.2 Å². The quantitative estimate of drug-likeness (QED) is 0.110. The van der Waals surface area contributed by atoms with Crippen molar-refractivity contribution < 1.29 is 94.5 Å². The summed E-state index contributed by atoms with van der Waals surface area (Å²) in [6, 6.07) is 6.55. The molecule has 266 valence electrons. The number of nitrogen functional groups attached to an aromatic ring is 2. The van der Waals surface area contributed by atoms with Crippen molar-refractivity contribution in [1.82, 2.24) is 29.9 Å². The summed E-state index contributed by atoms with van der Waals surface area (Å²) < 4.78 is 83.2. The summed E-state index contributed by atoms with van der Waals surface area (Å²) in [4.78, 5) is 28.8. The van der Waals surface area contributed by atoms with E-state index in [1.807, 2.05) is 4.90 Å². The van der Waals surface area contributed by atoms with Crippen LogP contribution in [0.4, 0.5) is 41.4 Å². The maximum atomic E-state index is 12.7. The van der Waals surface area contributed by atoms with Gasteiger partial charge in [-0.05, 0) is 29.8 Å². The molecule has 0 amide bonds. The predicted molar refractivity (Wildman–Crippen MR) is 180 cm³/mol. The van der Waals surface area contributed by atoms with Crippen molar-refractivity contribution in [2.75, 3.05) is 84.5 Å². The topological polar surface area (TPSA) is 293 Å². The van der Waals surface area contributed by atoms with E-state index in [1.165, 1.54) is 12.2 Å². The first-order valence-corrected chi connectivity index (χ1v) is 18.0. The molecule has 1 aliphatic carbocycles. The zero-order valence-corrected chi connectivity index (χ0v) is 33.9. The molecule has 6 rings (SSSR count). The van der Waals surface area contributed by atoms with Crippen LogP contribution in [0.3, 0.4) is 0 Å². The first kappa shape index (κ1) is 41.8. The molecular formula is C28H32N12Na2O8S2. The summed E-state index contributed by atoms with van der Waals surface area (Å²) >= 11 is 0. The number of nitrogens with one attached hydrogen (secondary N) is 2. The van der Waals surface area contributed by atoms with E-state index in [9.17, 15) is 25.9 Å². The van der Waals surface area contributed by atoms with E-state index >= 15 is 0 Å². The third-order valence-electron chi connectivity index (χ3n) is 7.87. The Hall–Kier alpha value is -3.00. The number of aromatic nitrogens is 6. The van der Waals surface area contributed by atoms with E-state index in [0.717, 1.165) is 12.2 Å². The van der Waals surface area contributed by atoms with E-state index in [0.29, 0.717) is 75.9 Å². The van der Waals surface area contributed by atoms with E-state index < -0.39 is 30.2 Å². The van der Waals surface area contributed by atoms with Gasteiger partial charge in [-0.15, -0.1) is 0 Å². The summed E-state index contributed by atoms with van der Waals surface area (Å²) in [7, 11) is -11.7. The zero-order chi connectivity index (χ0) is 35.5. The molecule has 0 spiro atoms. The molecule has 2 fully saturated rings. The Kier molecular flexibility index (Phi) is 14.0. The van der Waals surface area contributed by atoms with Crippen LogP contribution in [0.5, 0.6) is 0 Å². The van der Waals surface area contributed by atoms with Crippen molar-refractivity contribution in [1.29, 1.82) is 0 Å². The number of hydrogen-bond donors (Lipinski definition) is 4. The van der Waals surface area contributed by atoms with Crippen LogP contribution in [0.25, 0.3) is 6.08 Å². The number of anilines is 7. The molecule has 2 aromatic heterocycles. The first-order valence-electron chi connectivity index (χ1n) is 15.1. The van der Waals surface area contributed by atoms with Gasteiger partial charge in [0.05, 0.1) is 26.4 Å². The van der Waals surface area contributed by atoms with Gasteiger partial charge in [0, 0.05) is 43.5 Å². The number of allylic oxidation sites excluding steroid dienone is 3. The maximum absolute atomic E-state index is 12.7. The fraction of sp³-hybridized carbons (Fsp3) is 0.357. The monoisotopic (exact) mass is 774 g/mol. The Morgan fingerprint density at radius 1 is 0.750 bits per heavy atom. The molecule has 2 saturated heterocycles. The average molecular weight is 775 g/mol. The number of nitrogens with two attached hydrogens (primary N) is 2. The zero-order valence-electron chi connectivity index (χ0n) is 28.2. The molecule has 0 radical (unpaired) electrons. The maximum Gasteiger partial charge on any atom is 1.00 e. The van der Waals surface area contributed by atoms with Crippen LogP contribution in [-0.2, 0) is 29.7 Å². The molecule has 0 bridgehead atoms. The molecule has 0 saturated carbocycles. The van der Waals surface area contributed by atoms with Gasteiger partial charge in [0.25, 0.3) is 0 Å². The number of hydrogen-bond acceptors (Lipinski definition) is 20. The van der Waals surface area contributed by atoms with Crippen LogP contribution in [-0.4, -0.2) is 113 Å². The van der Waals surface area contributed by atoms with Crippen LogP contribution < -0.4 is 91.0 Å². The molecule has 1 atom stereocenters. The third-order valence-corrected chi connectivity index (χ3v) is 11.4. The van der Waals surface area contributed by atoms with Crippen molar-refractivity contribution >= 4 is 67.7 Å². The molecule has 24 heteroatoms. The Morgan fingerprint density at radius 2 is 1.23 bits per heavy atom.